The highest BCUT2D eigenvalue weighted by atomic mass is 35.5. The Bertz CT molecular complexity index is 936. The van der Waals surface area contributed by atoms with Crippen molar-refractivity contribution in [3.8, 4) is 0 Å². The highest BCUT2D eigenvalue weighted by Crippen LogP contribution is 2.36. The summed E-state index contributed by atoms with van der Waals surface area (Å²) in [6.45, 7) is 3.89. The number of aromatic amines is 1. The number of amides is 1. The lowest BCUT2D eigenvalue weighted by atomic mass is 9.78. The summed E-state index contributed by atoms with van der Waals surface area (Å²) < 4.78 is 1.26. The van der Waals surface area contributed by atoms with Gasteiger partial charge in [0.25, 0.3) is 11.1 Å². The Morgan fingerprint density at radius 1 is 1.07 bits per heavy atom. The molecule has 3 heterocycles. The number of hydrogen-bond acceptors (Lipinski definition) is 4. The van der Waals surface area contributed by atoms with Gasteiger partial charge in [-0.3, -0.25) is 19.5 Å². The van der Waals surface area contributed by atoms with Crippen LogP contribution in [0.4, 0.5) is 0 Å². The number of rotatable bonds is 3. The molecular weight excluding hydrogens is 368 g/mol. The van der Waals surface area contributed by atoms with E-state index in [1.807, 2.05) is 4.90 Å². The zero-order valence-corrected chi connectivity index (χ0v) is 16.0. The zero-order valence-electron chi connectivity index (χ0n) is 15.2. The van der Waals surface area contributed by atoms with Crippen molar-refractivity contribution in [3.05, 3.63) is 45.0 Å². The van der Waals surface area contributed by atoms with E-state index in [1.165, 1.54) is 11.1 Å². The summed E-state index contributed by atoms with van der Waals surface area (Å²) in [5.41, 5.74) is -0.193. The second-order valence-corrected chi connectivity index (χ2v) is 7.50. The topological polar surface area (TPSA) is 87.2 Å². The Morgan fingerprint density at radius 2 is 1.78 bits per heavy atom. The summed E-state index contributed by atoms with van der Waals surface area (Å²) in [5, 5.41) is 6.78. The number of H-pyrrole nitrogens is 1. The number of aryl methyl sites for hydroxylation is 1. The standard InChI is InChI=1S/C19H24N4O3.ClH/c24-16(22-11-7-19(8-12-22)6-9-20-13-19)5-10-23-18(26)15-4-2-1-3-14(15)17(25)21-23;/h1-4,20H,5-13H2,(H,21,25);1H. The highest BCUT2D eigenvalue weighted by molar-refractivity contribution is 5.85. The first-order valence-corrected chi connectivity index (χ1v) is 9.28. The molecule has 0 radical (unpaired) electrons. The maximum atomic E-state index is 12.5. The molecule has 0 aliphatic carbocycles. The Labute approximate surface area is 163 Å². The van der Waals surface area contributed by atoms with E-state index < -0.39 is 0 Å². The van der Waals surface area contributed by atoms with E-state index in [0.29, 0.717) is 16.2 Å². The average Bonchev–Trinajstić information content (AvgIpc) is 3.12. The number of aromatic nitrogens is 2. The first-order valence-electron chi connectivity index (χ1n) is 9.28. The number of nitrogens with one attached hydrogen (secondary N) is 2. The van der Waals surface area contributed by atoms with Crippen molar-refractivity contribution in [1.82, 2.24) is 20.0 Å². The molecule has 0 saturated carbocycles. The molecule has 8 heteroatoms. The van der Waals surface area contributed by atoms with Gasteiger partial charge in [-0.1, -0.05) is 12.1 Å². The van der Waals surface area contributed by atoms with E-state index in [0.717, 1.165) is 39.0 Å². The fourth-order valence-corrected chi connectivity index (χ4v) is 4.22. The minimum Gasteiger partial charge on any atom is -0.343 e. The van der Waals surface area contributed by atoms with Gasteiger partial charge < -0.3 is 10.2 Å². The molecule has 0 unspecified atom stereocenters. The van der Waals surface area contributed by atoms with Crippen molar-refractivity contribution in [2.45, 2.75) is 32.2 Å². The number of hydrogen-bond donors (Lipinski definition) is 2. The van der Waals surface area contributed by atoms with E-state index in [1.54, 1.807) is 24.3 Å². The lowest BCUT2D eigenvalue weighted by Crippen LogP contribution is -2.44. The van der Waals surface area contributed by atoms with Crippen LogP contribution in [0.25, 0.3) is 10.8 Å². The first kappa shape index (κ1) is 19.6. The number of nitrogens with zero attached hydrogens (tertiary/aromatic N) is 2. The molecule has 0 atom stereocenters. The van der Waals surface area contributed by atoms with Gasteiger partial charge in [-0.2, -0.15) is 0 Å². The number of carbonyl (C=O) groups excluding carboxylic acids is 1. The number of fused-ring (bicyclic) bond motifs is 1. The normalized spacial score (nSPS) is 18.6. The monoisotopic (exact) mass is 392 g/mol. The molecule has 146 valence electrons. The molecule has 2 aromatic rings. The van der Waals surface area contributed by atoms with Crippen LogP contribution in [0.3, 0.4) is 0 Å². The van der Waals surface area contributed by atoms with Crippen LogP contribution in [-0.2, 0) is 11.3 Å². The molecule has 2 N–H and O–H groups in total. The maximum absolute atomic E-state index is 12.5. The third kappa shape index (κ3) is 3.80. The number of carbonyl (C=O) groups is 1. The van der Waals surface area contributed by atoms with Crippen LogP contribution in [-0.4, -0.2) is 46.8 Å². The van der Waals surface area contributed by atoms with E-state index >= 15 is 0 Å². The van der Waals surface area contributed by atoms with Crippen molar-refractivity contribution in [2.75, 3.05) is 26.2 Å². The summed E-state index contributed by atoms with van der Waals surface area (Å²) in [6.07, 6.45) is 3.50. The van der Waals surface area contributed by atoms with Crippen molar-refractivity contribution >= 4 is 29.1 Å². The minimum atomic E-state index is -0.304. The predicted octanol–water partition coefficient (Wildman–Crippen LogP) is 1.10. The summed E-state index contributed by atoms with van der Waals surface area (Å²) in [7, 11) is 0. The highest BCUT2D eigenvalue weighted by Gasteiger charge is 2.37. The Balaban J connectivity index is 0.00000210. The van der Waals surface area contributed by atoms with Crippen molar-refractivity contribution < 1.29 is 4.79 Å². The van der Waals surface area contributed by atoms with Gasteiger partial charge in [-0.25, -0.2) is 4.68 Å². The van der Waals surface area contributed by atoms with Gasteiger partial charge in [0, 0.05) is 26.1 Å². The summed E-state index contributed by atoms with van der Waals surface area (Å²) >= 11 is 0. The van der Waals surface area contributed by atoms with Crippen LogP contribution < -0.4 is 16.4 Å². The van der Waals surface area contributed by atoms with Gasteiger partial charge in [0.05, 0.1) is 17.3 Å². The molecule has 2 saturated heterocycles. The van der Waals surface area contributed by atoms with E-state index in [4.69, 9.17) is 0 Å². The molecule has 2 aliphatic rings. The quantitative estimate of drug-likeness (QED) is 0.819. The molecule has 0 bridgehead atoms. The van der Waals surface area contributed by atoms with Gasteiger partial charge in [-0.15, -0.1) is 12.4 Å². The van der Waals surface area contributed by atoms with Crippen molar-refractivity contribution in [1.29, 1.82) is 0 Å². The molecule has 1 aromatic carbocycles. The smallest absolute Gasteiger partial charge is 0.273 e. The van der Waals surface area contributed by atoms with Crippen LogP contribution in [0.2, 0.25) is 0 Å². The van der Waals surface area contributed by atoms with Gasteiger partial charge in [0.15, 0.2) is 0 Å². The van der Waals surface area contributed by atoms with Gasteiger partial charge in [0.2, 0.25) is 5.91 Å². The van der Waals surface area contributed by atoms with Gasteiger partial charge in [-0.05, 0) is 43.4 Å². The SMILES string of the molecule is Cl.O=C(CCn1[nH]c(=O)c2ccccc2c1=O)N1CCC2(CCNC2)CC1. The molecule has 1 amide bonds. The molecule has 1 spiro atoms. The number of benzene rings is 1. The van der Waals surface area contributed by atoms with Gasteiger partial charge in [0.1, 0.15) is 0 Å². The van der Waals surface area contributed by atoms with Crippen LogP contribution in [0, 0.1) is 5.41 Å². The molecule has 4 rings (SSSR count). The third-order valence-electron chi connectivity index (χ3n) is 5.94. The molecular formula is C19H25ClN4O3. The lowest BCUT2D eigenvalue weighted by Gasteiger charge is -2.39. The van der Waals surface area contributed by atoms with Gasteiger partial charge >= 0.3 is 0 Å². The average molecular weight is 393 g/mol. The predicted molar refractivity (Wildman–Crippen MR) is 106 cm³/mol. The number of piperidine rings is 1. The Morgan fingerprint density at radius 3 is 2.44 bits per heavy atom. The summed E-state index contributed by atoms with van der Waals surface area (Å²) in [5.74, 6) is 0.0479. The van der Waals surface area contributed by atoms with Crippen LogP contribution >= 0.6 is 12.4 Å². The number of likely N-dealkylation sites (tertiary alicyclic amines) is 1. The summed E-state index contributed by atoms with van der Waals surface area (Å²) in [6, 6.07) is 6.74. The van der Waals surface area contributed by atoms with Crippen LogP contribution in [0.1, 0.15) is 25.7 Å². The molecule has 7 nitrogen and oxygen atoms in total. The van der Waals surface area contributed by atoms with Crippen LogP contribution in [0.5, 0.6) is 0 Å². The summed E-state index contributed by atoms with van der Waals surface area (Å²) in [4.78, 5) is 39.1. The zero-order chi connectivity index (χ0) is 18.1. The van der Waals surface area contributed by atoms with Crippen LogP contribution in [0.15, 0.2) is 33.9 Å². The largest absolute Gasteiger partial charge is 0.343 e. The molecule has 2 fully saturated rings. The van der Waals surface area contributed by atoms with Crippen molar-refractivity contribution in [3.63, 3.8) is 0 Å². The maximum Gasteiger partial charge on any atom is 0.273 e. The molecule has 2 aliphatic heterocycles. The van der Waals surface area contributed by atoms with E-state index in [9.17, 15) is 14.4 Å². The minimum absolute atomic E-state index is 0. The second-order valence-electron chi connectivity index (χ2n) is 7.50. The Kier molecular flexibility index (Phi) is 5.72. The molecule has 27 heavy (non-hydrogen) atoms. The lowest BCUT2D eigenvalue weighted by molar-refractivity contribution is -0.133. The number of halogens is 1. The molecule has 1 aromatic heterocycles. The van der Waals surface area contributed by atoms with E-state index in [2.05, 4.69) is 10.4 Å². The fourth-order valence-electron chi connectivity index (χ4n) is 4.22. The fraction of sp³-hybridized carbons (Fsp3) is 0.526. The second kappa shape index (κ2) is 7.86. The van der Waals surface area contributed by atoms with E-state index in [-0.39, 0.29) is 42.4 Å². The van der Waals surface area contributed by atoms with Crippen molar-refractivity contribution in [2.24, 2.45) is 5.41 Å². The third-order valence-corrected chi connectivity index (χ3v) is 5.94. The first-order chi connectivity index (χ1) is 12.6. The Hall–Kier alpha value is -2.12.